The van der Waals surface area contributed by atoms with Crippen molar-refractivity contribution in [2.24, 2.45) is 0 Å². The number of hydrogen-bond donors (Lipinski definition) is 0. The third-order valence-corrected chi connectivity index (χ3v) is 11.8. The van der Waals surface area contributed by atoms with Gasteiger partial charge in [-0.15, -0.1) is 0 Å². The summed E-state index contributed by atoms with van der Waals surface area (Å²) in [6.45, 7) is 14.1. The Kier molecular flexibility index (Phi) is 4.29. The van der Waals surface area contributed by atoms with E-state index in [-0.39, 0.29) is 0 Å². The molecule has 0 aliphatic carbocycles. The Morgan fingerprint density at radius 1 is 0.952 bits per heavy atom. The van der Waals surface area contributed by atoms with E-state index in [1.54, 1.807) is 0 Å². The van der Waals surface area contributed by atoms with Crippen LogP contribution in [0.5, 0.6) is 0 Å². The number of aromatic nitrogens is 1. The second-order valence-corrected chi connectivity index (χ2v) is 12.6. The predicted octanol–water partition coefficient (Wildman–Crippen LogP) is 5.54. The number of nitrogens with zero attached hydrogens (tertiary/aromatic N) is 2. The molecule has 2 aromatic rings. The summed E-state index contributed by atoms with van der Waals surface area (Å²) >= 11 is 0. The second-order valence-electron chi connectivity index (χ2n) is 6.89. The van der Waals surface area contributed by atoms with Gasteiger partial charge in [-0.2, -0.15) is 5.26 Å². The van der Waals surface area contributed by atoms with Gasteiger partial charge in [0.25, 0.3) is 0 Å². The van der Waals surface area contributed by atoms with Crippen LogP contribution in [0.1, 0.15) is 47.1 Å². The Hall–Kier alpha value is -1.53. The Labute approximate surface area is 129 Å². The van der Waals surface area contributed by atoms with Crippen molar-refractivity contribution < 1.29 is 0 Å². The van der Waals surface area contributed by atoms with E-state index in [9.17, 15) is 5.26 Å². The monoisotopic (exact) mass is 298 g/mol. The van der Waals surface area contributed by atoms with Crippen LogP contribution >= 0.6 is 0 Å². The summed E-state index contributed by atoms with van der Waals surface area (Å²) in [5.41, 5.74) is 3.92. The molecule has 1 heterocycles. The highest BCUT2D eigenvalue weighted by Crippen LogP contribution is 2.44. The first-order valence-corrected chi connectivity index (χ1v) is 10.1. The Bertz CT molecular complexity index is 652. The first-order chi connectivity index (χ1) is 9.87. The molecule has 2 nitrogen and oxygen atoms in total. The number of nitriles is 1. The minimum absolute atomic E-state index is 0.625. The van der Waals surface area contributed by atoms with Gasteiger partial charge in [0, 0.05) is 17.1 Å². The lowest BCUT2D eigenvalue weighted by Crippen LogP contribution is -2.51. The minimum Gasteiger partial charge on any atom is -0.372 e. The lowest BCUT2D eigenvalue weighted by molar-refractivity contribution is 0.772. The van der Waals surface area contributed by atoms with Crippen molar-refractivity contribution in [3.8, 4) is 6.07 Å². The number of hydrogen-bond acceptors (Lipinski definition) is 1. The summed E-state index contributed by atoms with van der Waals surface area (Å²) in [5, 5.41) is 10.6. The fourth-order valence-electron chi connectivity index (χ4n) is 4.42. The van der Waals surface area contributed by atoms with Gasteiger partial charge in [-0.05, 0) is 22.7 Å². The summed E-state index contributed by atoms with van der Waals surface area (Å²) in [4.78, 5) is 0. The van der Waals surface area contributed by atoms with Crippen molar-refractivity contribution in [3.05, 3.63) is 36.0 Å². The third kappa shape index (κ3) is 2.22. The van der Waals surface area contributed by atoms with Gasteiger partial charge in [0.15, 0.2) is 8.24 Å². The number of para-hydroxylation sites is 1. The van der Waals surface area contributed by atoms with E-state index < -0.39 is 8.24 Å². The van der Waals surface area contributed by atoms with Gasteiger partial charge in [0.2, 0.25) is 0 Å². The SMILES string of the molecule is CC(C)[Si](C(C)C)(C(C)C)n1cc(C#N)c2ccccc21. The summed E-state index contributed by atoms with van der Waals surface area (Å²) in [7, 11) is -1.80. The average molecular weight is 299 g/mol. The van der Waals surface area contributed by atoms with Crippen LogP contribution in [0.25, 0.3) is 10.9 Å². The van der Waals surface area contributed by atoms with Crippen molar-refractivity contribution in [1.82, 2.24) is 4.23 Å². The second kappa shape index (κ2) is 5.69. The van der Waals surface area contributed by atoms with E-state index in [2.05, 4.69) is 76.2 Å². The molecule has 21 heavy (non-hydrogen) atoms. The van der Waals surface area contributed by atoms with E-state index in [0.717, 1.165) is 10.9 Å². The normalized spacial score (nSPS) is 12.6. The zero-order valence-corrected chi connectivity index (χ0v) is 15.0. The average Bonchev–Trinajstić information content (AvgIpc) is 2.78. The van der Waals surface area contributed by atoms with Crippen LogP contribution in [0.2, 0.25) is 16.6 Å². The molecule has 0 saturated carbocycles. The molecule has 0 radical (unpaired) electrons. The standard InChI is InChI=1S/C18H26N2Si/c1-13(2)21(14(3)4,15(5)6)20-12-16(11-19)17-9-7-8-10-18(17)20/h7-10,12-15H,1-6H3. The van der Waals surface area contributed by atoms with E-state index >= 15 is 0 Å². The van der Waals surface area contributed by atoms with Gasteiger partial charge in [0.05, 0.1) is 5.56 Å². The molecule has 0 aliphatic heterocycles. The molecule has 0 spiro atoms. The van der Waals surface area contributed by atoms with Crippen LogP contribution in [0.4, 0.5) is 0 Å². The van der Waals surface area contributed by atoms with E-state index in [1.807, 2.05) is 6.07 Å². The maximum absolute atomic E-state index is 9.48. The molecule has 0 unspecified atom stereocenters. The van der Waals surface area contributed by atoms with Gasteiger partial charge in [-0.1, -0.05) is 59.7 Å². The van der Waals surface area contributed by atoms with Crippen molar-refractivity contribution in [3.63, 3.8) is 0 Å². The summed E-state index contributed by atoms with van der Waals surface area (Å²) < 4.78 is 2.51. The largest absolute Gasteiger partial charge is 0.372 e. The molecule has 0 amide bonds. The van der Waals surface area contributed by atoms with Crippen LogP contribution in [0.3, 0.4) is 0 Å². The molecular formula is C18H26N2Si. The van der Waals surface area contributed by atoms with Crippen LogP contribution in [0.15, 0.2) is 30.5 Å². The summed E-state index contributed by atoms with van der Waals surface area (Å²) in [5.74, 6) is 0. The van der Waals surface area contributed by atoms with Gasteiger partial charge in [-0.25, -0.2) is 0 Å². The molecule has 1 aromatic heterocycles. The fourth-order valence-corrected chi connectivity index (χ4v) is 11.1. The zero-order valence-electron chi connectivity index (χ0n) is 14.0. The maximum atomic E-state index is 9.48. The van der Waals surface area contributed by atoms with E-state index in [4.69, 9.17) is 0 Å². The Balaban J connectivity index is 2.87. The fraction of sp³-hybridized carbons (Fsp3) is 0.500. The maximum Gasteiger partial charge on any atom is 0.169 e. The Morgan fingerprint density at radius 2 is 1.48 bits per heavy atom. The quantitative estimate of drug-likeness (QED) is 0.681. The molecule has 1 aromatic carbocycles. The van der Waals surface area contributed by atoms with Crippen molar-refractivity contribution in [2.75, 3.05) is 0 Å². The zero-order chi connectivity index (χ0) is 15.8. The molecule has 0 atom stereocenters. The summed E-state index contributed by atoms with van der Waals surface area (Å²) in [6, 6.07) is 10.7. The topological polar surface area (TPSA) is 28.7 Å². The van der Waals surface area contributed by atoms with Crippen molar-refractivity contribution >= 4 is 19.1 Å². The van der Waals surface area contributed by atoms with E-state index in [1.165, 1.54) is 5.52 Å². The van der Waals surface area contributed by atoms with Crippen LogP contribution < -0.4 is 0 Å². The van der Waals surface area contributed by atoms with Gasteiger partial charge < -0.3 is 4.23 Å². The van der Waals surface area contributed by atoms with E-state index in [0.29, 0.717) is 16.6 Å². The third-order valence-electron chi connectivity index (χ3n) is 5.02. The first kappa shape index (κ1) is 15.8. The summed E-state index contributed by atoms with van der Waals surface area (Å²) in [6.07, 6.45) is 2.12. The predicted molar refractivity (Wildman–Crippen MR) is 93.1 cm³/mol. The number of benzene rings is 1. The number of rotatable bonds is 4. The molecule has 112 valence electrons. The Morgan fingerprint density at radius 3 is 1.95 bits per heavy atom. The molecule has 0 bridgehead atoms. The smallest absolute Gasteiger partial charge is 0.169 e. The van der Waals surface area contributed by atoms with Gasteiger partial charge >= 0.3 is 0 Å². The lowest BCUT2D eigenvalue weighted by atomic mass is 10.2. The van der Waals surface area contributed by atoms with Crippen molar-refractivity contribution in [1.29, 1.82) is 5.26 Å². The van der Waals surface area contributed by atoms with Crippen LogP contribution in [-0.4, -0.2) is 12.5 Å². The molecule has 0 saturated heterocycles. The van der Waals surface area contributed by atoms with Gasteiger partial charge in [0.1, 0.15) is 6.07 Å². The number of fused-ring (bicyclic) bond motifs is 1. The molecular weight excluding hydrogens is 272 g/mol. The molecule has 2 rings (SSSR count). The highest BCUT2D eigenvalue weighted by atomic mass is 28.3. The highest BCUT2D eigenvalue weighted by molar-refractivity contribution is 6.82. The highest BCUT2D eigenvalue weighted by Gasteiger charge is 2.45. The lowest BCUT2D eigenvalue weighted by Gasteiger charge is -2.44. The molecule has 0 N–H and O–H groups in total. The van der Waals surface area contributed by atoms with Gasteiger partial charge in [-0.3, -0.25) is 0 Å². The first-order valence-electron chi connectivity index (χ1n) is 7.88. The van der Waals surface area contributed by atoms with Crippen LogP contribution in [0, 0.1) is 11.3 Å². The van der Waals surface area contributed by atoms with Crippen molar-refractivity contribution in [2.45, 2.75) is 58.2 Å². The minimum atomic E-state index is -1.80. The van der Waals surface area contributed by atoms with Crippen LogP contribution in [-0.2, 0) is 0 Å². The molecule has 0 aliphatic rings. The molecule has 0 fully saturated rings. The molecule has 3 heteroatoms.